The van der Waals surface area contributed by atoms with Crippen LogP contribution in [0.4, 0.5) is 4.39 Å². The lowest BCUT2D eigenvalue weighted by atomic mass is 10.0. The Bertz CT molecular complexity index is 570. The van der Waals surface area contributed by atoms with Gasteiger partial charge in [0.15, 0.2) is 0 Å². The number of ether oxygens (including phenoxy) is 2. The maximum Gasteiger partial charge on any atom is 0.335 e. The number of nitrogens with zero attached hydrogens (tertiary/aromatic N) is 1. The van der Waals surface area contributed by atoms with Crippen LogP contribution in [-0.4, -0.2) is 61.4 Å². The summed E-state index contributed by atoms with van der Waals surface area (Å²) in [4.78, 5) is 24.7. The molecule has 1 fully saturated rings. The molecule has 0 radical (unpaired) electrons. The third-order valence-electron chi connectivity index (χ3n) is 3.82. The number of likely N-dealkylation sites (tertiary alicyclic amines) is 1. The predicted molar refractivity (Wildman–Crippen MR) is 80.1 cm³/mol. The fraction of sp³-hybridized carbons (Fsp3) is 0.500. The van der Waals surface area contributed by atoms with Crippen molar-refractivity contribution in [2.45, 2.75) is 18.9 Å². The minimum Gasteiger partial charge on any atom is -0.478 e. The van der Waals surface area contributed by atoms with Gasteiger partial charge in [-0.15, -0.1) is 0 Å². The molecule has 1 aromatic carbocycles. The second-order valence-corrected chi connectivity index (χ2v) is 5.35. The molecule has 0 bridgehead atoms. The van der Waals surface area contributed by atoms with Crippen molar-refractivity contribution in [2.75, 3.05) is 33.4 Å². The van der Waals surface area contributed by atoms with Crippen LogP contribution in [-0.2, 0) is 9.47 Å². The third-order valence-corrected chi connectivity index (χ3v) is 3.82. The predicted octanol–water partition coefficient (Wildman–Crippen LogP) is 1.79. The Morgan fingerprint density at radius 3 is 2.57 bits per heavy atom. The first kappa shape index (κ1) is 17.4. The van der Waals surface area contributed by atoms with Gasteiger partial charge in [-0.2, -0.15) is 0 Å². The molecule has 1 N–H and O–H groups in total. The summed E-state index contributed by atoms with van der Waals surface area (Å²) in [5.74, 6) is -2.46. The highest BCUT2D eigenvalue weighted by Gasteiger charge is 2.26. The maximum atomic E-state index is 13.9. The molecular weight excluding hydrogens is 305 g/mol. The first-order valence-corrected chi connectivity index (χ1v) is 7.45. The number of aromatic carboxylic acids is 1. The number of carboxylic acids is 1. The van der Waals surface area contributed by atoms with Gasteiger partial charge in [-0.25, -0.2) is 9.18 Å². The van der Waals surface area contributed by atoms with Crippen LogP contribution in [0, 0.1) is 5.82 Å². The summed E-state index contributed by atoms with van der Waals surface area (Å²) in [6, 6.07) is 3.33. The standard InChI is InChI=1S/C16H20FNO5/c1-22-8-9-23-12-4-6-18(7-5-12)15(19)13-3-2-11(16(20)21)10-14(13)17/h2-3,10,12H,4-9H2,1H3,(H,20,21). The van der Waals surface area contributed by atoms with Crippen LogP contribution in [0.1, 0.15) is 33.6 Å². The highest BCUT2D eigenvalue weighted by atomic mass is 19.1. The molecule has 1 amide bonds. The highest BCUT2D eigenvalue weighted by molar-refractivity contribution is 5.96. The molecule has 23 heavy (non-hydrogen) atoms. The Morgan fingerprint density at radius 2 is 2.00 bits per heavy atom. The van der Waals surface area contributed by atoms with Crippen LogP contribution in [0.5, 0.6) is 0 Å². The zero-order valence-electron chi connectivity index (χ0n) is 13.0. The number of hydrogen-bond donors (Lipinski definition) is 1. The molecule has 0 aromatic heterocycles. The van der Waals surface area contributed by atoms with Gasteiger partial charge >= 0.3 is 5.97 Å². The van der Waals surface area contributed by atoms with Crippen LogP contribution < -0.4 is 0 Å². The molecule has 2 rings (SSSR count). The zero-order chi connectivity index (χ0) is 16.8. The summed E-state index contributed by atoms with van der Waals surface area (Å²) in [7, 11) is 1.61. The van der Waals surface area contributed by atoms with Crippen molar-refractivity contribution in [3.05, 3.63) is 35.1 Å². The molecule has 1 aliphatic heterocycles. The minimum atomic E-state index is -1.23. The van der Waals surface area contributed by atoms with E-state index in [9.17, 15) is 14.0 Å². The van der Waals surface area contributed by atoms with Crippen LogP contribution in [0.2, 0.25) is 0 Å². The number of piperidine rings is 1. The lowest BCUT2D eigenvalue weighted by Crippen LogP contribution is -2.41. The first-order valence-electron chi connectivity index (χ1n) is 7.45. The van der Waals surface area contributed by atoms with Crippen molar-refractivity contribution in [3.8, 4) is 0 Å². The van der Waals surface area contributed by atoms with Gasteiger partial charge in [0.2, 0.25) is 0 Å². The quantitative estimate of drug-likeness (QED) is 0.807. The summed E-state index contributed by atoms with van der Waals surface area (Å²) in [6.07, 6.45) is 1.45. The van der Waals surface area contributed by atoms with Crippen molar-refractivity contribution < 1.29 is 28.6 Å². The number of halogens is 1. The van der Waals surface area contributed by atoms with Gasteiger partial charge in [0.1, 0.15) is 5.82 Å². The Labute approximate surface area is 133 Å². The Balaban J connectivity index is 1.93. The molecule has 126 valence electrons. The number of carbonyl (C=O) groups excluding carboxylic acids is 1. The van der Waals surface area contributed by atoms with Crippen LogP contribution >= 0.6 is 0 Å². The molecule has 0 spiro atoms. The fourth-order valence-corrected chi connectivity index (χ4v) is 2.52. The highest BCUT2D eigenvalue weighted by Crippen LogP contribution is 2.18. The Kier molecular flexibility index (Phi) is 6.06. The second kappa shape index (κ2) is 8.03. The third kappa shape index (κ3) is 4.49. The van der Waals surface area contributed by atoms with Crippen LogP contribution in [0.25, 0.3) is 0 Å². The van der Waals surface area contributed by atoms with E-state index in [1.165, 1.54) is 12.1 Å². The topological polar surface area (TPSA) is 76.1 Å². The van der Waals surface area contributed by atoms with Gasteiger partial charge in [-0.05, 0) is 31.0 Å². The molecule has 1 saturated heterocycles. The largest absolute Gasteiger partial charge is 0.478 e. The smallest absolute Gasteiger partial charge is 0.335 e. The van der Waals surface area contributed by atoms with Crippen LogP contribution in [0.3, 0.4) is 0 Å². The van der Waals surface area contributed by atoms with E-state index in [1.54, 1.807) is 12.0 Å². The van der Waals surface area contributed by atoms with Gasteiger partial charge in [-0.1, -0.05) is 0 Å². The monoisotopic (exact) mass is 325 g/mol. The Hall–Kier alpha value is -1.99. The molecule has 7 heteroatoms. The van der Waals surface area contributed by atoms with E-state index in [0.29, 0.717) is 39.1 Å². The summed E-state index contributed by atoms with van der Waals surface area (Å²) >= 11 is 0. The van der Waals surface area contributed by atoms with E-state index >= 15 is 0 Å². The number of carbonyl (C=O) groups is 2. The molecule has 1 aromatic rings. The first-order chi connectivity index (χ1) is 11.0. The van der Waals surface area contributed by atoms with Gasteiger partial charge in [0, 0.05) is 20.2 Å². The molecule has 0 atom stereocenters. The molecule has 0 saturated carbocycles. The van der Waals surface area contributed by atoms with Gasteiger partial charge in [0.05, 0.1) is 30.4 Å². The average Bonchev–Trinajstić information content (AvgIpc) is 2.55. The van der Waals surface area contributed by atoms with E-state index in [-0.39, 0.29) is 17.2 Å². The summed E-state index contributed by atoms with van der Waals surface area (Å²) in [6.45, 7) is 2.01. The summed E-state index contributed by atoms with van der Waals surface area (Å²) in [5.41, 5.74) is -0.280. The lowest BCUT2D eigenvalue weighted by Gasteiger charge is -2.32. The van der Waals surface area contributed by atoms with Crippen molar-refractivity contribution >= 4 is 11.9 Å². The van der Waals surface area contributed by atoms with E-state index in [2.05, 4.69) is 0 Å². The van der Waals surface area contributed by atoms with Gasteiger partial charge < -0.3 is 19.5 Å². The zero-order valence-corrected chi connectivity index (χ0v) is 13.0. The van der Waals surface area contributed by atoms with Crippen molar-refractivity contribution in [3.63, 3.8) is 0 Å². The lowest BCUT2D eigenvalue weighted by molar-refractivity contribution is -0.0123. The molecule has 6 nitrogen and oxygen atoms in total. The van der Waals surface area contributed by atoms with Gasteiger partial charge in [-0.3, -0.25) is 4.79 Å². The number of carboxylic acid groups (broad SMARTS) is 1. The number of rotatable bonds is 6. The van der Waals surface area contributed by atoms with E-state index in [4.69, 9.17) is 14.6 Å². The number of methoxy groups -OCH3 is 1. The molecule has 0 aliphatic carbocycles. The Morgan fingerprint density at radius 1 is 1.30 bits per heavy atom. The fourth-order valence-electron chi connectivity index (χ4n) is 2.52. The molecule has 1 heterocycles. The summed E-state index contributed by atoms with van der Waals surface area (Å²) in [5, 5.41) is 8.82. The van der Waals surface area contributed by atoms with Gasteiger partial charge in [0.25, 0.3) is 5.91 Å². The number of hydrogen-bond acceptors (Lipinski definition) is 4. The summed E-state index contributed by atoms with van der Waals surface area (Å²) < 4.78 is 24.5. The number of amides is 1. The van der Waals surface area contributed by atoms with E-state index < -0.39 is 17.7 Å². The molecule has 1 aliphatic rings. The maximum absolute atomic E-state index is 13.9. The van der Waals surface area contributed by atoms with Crippen LogP contribution in [0.15, 0.2) is 18.2 Å². The SMILES string of the molecule is COCCOC1CCN(C(=O)c2ccc(C(=O)O)cc2F)CC1. The van der Waals surface area contributed by atoms with Crippen molar-refractivity contribution in [1.82, 2.24) is 4.90 Å². The van der Waals surface area contributed by atoms with Crippen molar-refractivity contribution in [2.24, 2.45) is 0 Å². The molecular formula is C16H20FNO5. The van der Waals surface area contributed by atoms with E-state index in [1.807, 2.05) is 0 Å². The number of benzene rings is 1. The average molecular weight is 325 g/mol. The van der Waals surface area contributed by atoms with Crippen molar-refractivity contribution in [1.29, 1.82) is 0 Å². The minimum absolute atomic E-state index is 0.0773. The van der Waals surface area contributed by atoms with E-state index in [0.717, 1.165) is 6.07 Å². The second-order valence-electron chi connectivity index (χ2n) is 5.35. The molecule has 0 unspecified atom stereocenters. The normalized spacial score (nSPS) is 15.7.